The Hall–Kier alpha value is -2.91. The van der Waals surface area contributed by atoms with Crippen LogP contribution in [-0.4, -0.2) is 41.2 Å². The number of rotatable bonds is 9. The standard InChI is InChI=1S/C20H20F2N4O2S/c1-26(10-11-28-17-5-3-2-4-16(17)22)13-18-24-25-20(29-18)19(27)23-12-14-6-8-15(21)9-7-14/h2-9H,10-13H2,1H3,(H,23,27). The molecule has 0 fully saturated rings. The van der Waals surface area contributed by atoms with E-state index in [2.05, 4.69) is 15.5 Å². The van der Waals surface area contributed by atoms with Crippen LogP contribution in [0.5, 0.6) is 5.75 Å². The van der Waals surface area contributed by atoms with Gasteiger partial charge in [-0.25, -0.2) is 8.78 Å². The summed E-state index contributed by atoms with van der Waals surface area (Å²) >= 11 is 1.20. The van der Waals surface area contributed by atoms with Crippen molar-refractivity contribution < 1.29 is 18.3 Å². The zero-order chi connectivity index (χ0) is 20.6. The van der Waals surface area contributed by atoms with Gasteiger partial charge in [-0.2, -0.15) is 0 Å². The number of hydrogen-bond acceptors (Lipinski definition) is 6. The third kappa shape index (κ3) is 6.30. The molecular weight excluding hydrogens is 398 g/mol. The molecule has 1 N–H and O–H groups in total. The first kappa shape index (κ1) is 20.8. The molecule has 3 rings (SSSR count). The minimum absolute atomic E-state index is 0.219. The van der Waals surface area contributed by atoms with Crippen molar-refractivity contribution in [3.63, 3.8) is 0 Å². The molecule has 0 aliphatic rings. The molecule has 3 aromatic rings. The van der Waals surface area contributed by atoms with Gasteiger partial charge in [0.05, 0.1) is 6.54 Å². The second-order valence-electron chi connectivity index (χ2n) is 6.33. The molecule has 2 aromatic carbocycles. The van der Waals surface area contributed by atoms with Crippen molar-refractivity contribution in [2.75, 3.05) is 20.2 Å². The molecule has 0 unspecified atom stereocenters. The highest BCUT2D eigenvalue weighted by Gasteiger charge is 2.14. The first-order valence-electron chi connectivity index (χ1n) is 8.92. The Bertz CT molecular complexity index is 950. The number of carbonyl (C=O) groups is 1. The third-order valence-electron chi connectivity index (χ3n) is 4.00. The number of aromatic nitrogens is 2. The molecule has 6 nitrogen and oxygen atoms in total. The smallest absolute Gasteiger partial charge is 0.282 e. The maximum absolute atomic E-state index is 13.5. The van der Waals surface area contributed by atoms with E-state index in [1.807, 2.05) is 11.9 Å². The van der Waals surface area contributed by atoms with Crippen LogP contribution in [0.4, 0.5) is 8.78 Å². The molecule has 0 radical (unpaired) electrons. The third-order valence-corrected chi connectivity index (χ3v) is 4.91. The molecule has 0 spiro atoms. The summed E-state index contributed by atoms with van der Waals surface area (Å²) < 4.78 is 31.9. The number of nitrogens with one attached hydrogen (secondary N) is 1. The van der Waals surface area contributed by atoms with Gasteiger partial charge < -0.3 is 10.1 Å². The summed E-state index contributed by atoms with van der Waals surface area (Å²) in [4.78, 5) is 14.1. The van der Waals surface area contributed by atoms with Crippen LogP contribution < -0.4 is 10.1 Å². The monoisotopic (exact) mass is 418 g/mol. The number of hydrogen-bond donors (Lipinski definition) is 1. The van der Waals surface area contributed by atoms with Crippen molar-refractivity contribution in [2.45, 2.75) is 13.1 Å². The minimum Gasteiger partial charge on any atom is -0.489 e. The second kappa shape index (κ2) is 10.0. The Morgan fingerprint density at radius 1 is 1.14 bits per heavy atom. The number of likely N-dealkylation sites (N-methyl/N-ethyl adjacent to an activating group) is 1. The Balaban J connectivity index is 1.43. The molecule has 152 valence electrons. The van der Waals surface area contributed by atoms with Crippen molar-refractivity contribution in [3.05, 3.63) is 75.7 Å². The van der Waals surface area contributed by atoms with E-state index in [1.54, 1.807) is 30.3 Å². The lowest BCUT2D eigenvalue weighted by atomic mass is 10.2. The van der Waals surface area contributed by atoms with E-state index in [0.29, 0.717) is 24.7 Å². The Morgan fingerprint density at radius 3 is 2.66 bits per heavy atom. The molecule has 29 heavy (non-hydrogen) atoms. The van der Waals surface area contributed by atoms with E-state index in [9.17, 15) is 13.6 Å². The van der Waals surface area contributed by atoms with E-state index in [0.717, 1.165) is 5.56 Å². The van der Waals surface area contributed by atoms with Crippen LogP contribution in [0, 0.1) is 11.6 Å². The van der Waals surface area contributed by atoms with Crippen molar-refractivity contribution >= 4 is 17.2 Å². The van der Waals surface area contributed by atoms with Gasteiger partial charge in [-0.1, -0.05) is 35.6 Å². The number of para-hydroxylation sites is 1. The molecule has 1 amide bonds. The molecule has 0 atom stereocenters. The summed E-state index contributed by atoms with van der Waals surface area (Å²) in [5, 5.41) is 11.6. The van der Waals surface area contributed by atoms with Crippen molar-refractivity contribution in [2.24, 2.45) is 0 Å². The quantitative estimate of drug-likeness (QED) is 0.578. The Labute approximate surface area is 171 Å². The zero-order valence-electron chi connectivity index (χ0n) is 15.8. The van der Waals surface area contributed by atoms with Gasteiger partial charge in [0.1, 0.15) is 17.4 Å². The average Bonchev–Trinajstić information content (AvgIpc) is 3.17. The van der Waals surface area contributed by atoms with Gasteiger partial charge in [0.25, 0.3) is 5.91 Å². The summed E-state index contributed by atoms with van der Waals surface area (Å²) in [5.74, 6) is -0.826. The molecular formula is C20H20F2N4O2S. The van der Waals surface area contributed by atoms with Crippen molar-refractivity contribution in [3.8, 4) is 5.75 Å². The zero-order valence-corrected chi connectivity index (χ0v) is 16.6. The van der Waals surface area contributed by atoms with E-state index >= 15 is 0 Å². The number of benzene rings is 2. The van der Waals surface area contributed by atoms with Gasteiger partial charge in [0, 0.05) is 13.1 Å². The van der Waals surface area contributed by atoms with Crippen molar-refractivity contribution in [1.82, 2.24) is 20.4 Å². The van der Waals surface area contributed by atoms with E-state index in [1.165, 1.54) is 29.5 Å². The summed E-state index contributed by atoms with van der Waals surface area (Å²) in [6.07, 6.45) is 0. The highest BCUT2D eigenvalue weighted by molar-refractivity contribution is 7.13. The van der Waals surface area contributed by atoms with Crippen molar-refractivity contribution in [1.29, 1.82) is 0 Å². The maximum Gasteiger partial charge on any atom is 0.282 e. The lowest BCUT2D eigenvalue weighted by molar-refractivity contribution is 0.0950. The first-order chi connectivity index (χ1) is 14.0. The van der Waals surface area contributed by atoms with Crippen LogP contribution >= 0.6 is 11.3 Å². The number of carbonyl (C=O) groups excluding carboxylic acids is 1. The molecule has 1 heterocycles. The summed E-state index contributed by atoms with van der Waals surface area (Å²) in [6, 6.07) is 12.2. The van der Waals surface area contributed by atoms with Crippen LogP contribution in [0.1, 0.15) is 20.4 Å². The van der Waals surface area contributed by atoms with Gasteiger partial charge >= 0.3 is 0 Å². The average molecular weight is 418 g/mol. The second-order valence-corrected chi connectivity index (χ2v) is 7.39. The van der Waals surface area contributed by atoms with Crippen LogP contribution in [0.15, 0.2) is 48.5 Å². The van der Waals surface area contributed by atoms with Crippen LogP contribution in [0.2, 0.25) is 0 Å². The highest BCUT2D eigenvalue weighted by Crippen LogP contribution is 2.16. The maximum atomic E-state index is 13.5. The molecule has 9 heteroatoms. The van der Waals surface area contributed by atoms with Gasteiger partial charge in [-0.05, 0) is 36.9 Å². The van der Waals surface area contributed by atoms with Gasteiger partial charge in [-0.3, -0.25) is 9.69 Å². The molecule has 0 aliphatic carbocycles. The summed E-state index contributed by atoms with van der Waals surface area (Å²) in [5.41, 5.74) is 0.791. The van der Waals surface area contributed by atoms with E-state index in [-0.39, 0.29) is 29.0 Å². The first-order valence-corrected chi connectivity index (χ1v) is 9.74. The Morgan fingerprint density at radius 2 is 1.90 bits per heavy atom. The molecule has 0 saturated heterocycles. The predicted molar refractivity (Wildman–Crippen MR) is 106 cm³/mol. The molecule has 1 aromatic heterocycles. The normalized spacial score (nSPS) is 10.9. The van der Waals surface area contributed by atoms with Gasteiger partial charge in [0.2, 0.25) is 5.01 Å². The molecule has 0 aliphatic heterocycles. The largest absolute Gasteiger partial charge is 0.489 e. The lowest BCUT2D eigenvalue weighted by Gasteiger charge is -2.15. The fraction of sp³-hybridized carbons (Fsp3) is 0.250. The number of amides is 1. The Kier molecular flexibility index (Phi) is 7.20. The lowest BCUT2D eigenvalue weighted by Crippen LogP contribution is -2.24. The fourth-order valence-electron chi connectivity index (χ4n) is 2.45. The predicted octanol–water partition coefficient (Wildman–Crippen LogP) is 3.26. The van der Waals surface area contributed by atoms with Gasteiger partial charge in [-0.15, -0.1) is 10.2 Å². The molecule has 0 saturated carbocycles. The van der Waals surface area contributed by atoms with E-state index < -0.39 is 5.82 Å². The van der Waals surface area contributed by atoms with Crippen LogP contribution in [0.3, 0.4) is 0 Å². The number of ether oxygens (including phenoxy) is 1. The SMILES string of the molecule is CN(CCOc1ccccc1F)Cc1nnc(C(=O)NCc2ccc(F)cc2)s1. The summed E-state index contributed by atoms with van der Waals surface area (Å²) in [6.45, 7) is 1.64. The molecule has 0 bridgehead atoms. The van der Waals surface area contributed by atoms with Gasteiger partial charge in [0.15, 0.2) is 11.6 Å². The van der Waals surface area contributed by atoms with Crippen LogP contribution in [-0.2, 0) is 13.1 Å². The minimum atomic E-state index is -0.393. The van der Waals surface area contributed by atoms with E-state index in [4.69, 9.17) is 4.74 Å². The highest BCUT2D eigenvalue weighted by atomic mass is 32.1. The number of halogens is 2. The number of nitrogens with zero attached hydrogens (tertiary/aromatic N) is 3. The fourth-order valence-corrected chi connectivity index (χ4v) is 3.29. The van der Waals surface area contributed by atoms with Crippen LogP contribution in [0.25, 0.3) is 0 Å². The topological polar surface area (TPSA) is 67.3 Å². The summed E-state index contributed by atoms with van der Waals surface area (Å²) in [7, 11) is 1.88.